The topological polar surface area (TPSA) is 44.0 Å². The second kappa shape index (κ2) is 3.23. The highest BCUT2D eigenvalue weighted by molar-refractivity contribution is 5.45. The molecule has 3 heteroatoms. The lowest BCUT2D eigenvalue weighted by Gasteiger charge is -2.36. The Morgan fingerprint density at radius 3 is 2.60 bits per heavy atom. The van der Waals surface area contributed by atoms with E-state index in [1.54, 1.807) is 6.92 Å². The molecule has 0 bridgehead atoms. The van der Waals surface area contributed by atoms with Gasteiger partial charge in [-0.05, 0) is 49.4 Å². The predicted molar refractivity (Wildman–Crippen MR) is 53.9 cm³/mol. The van der Waals surface area contributed by atoms with Crippen LogP contribution in [0.15, 0.2) is 12.1 Å². The van der Waals surface area contributed by atoms with Gasteiger partial charge >= 0.3 is 0 Å². The third kappa shape index (κ3) is 1.37. The zero-order chi connectivity index (χ0) is 11.1. The molecule has 1 aliphatic rings. The Bertz CT molecular complexity index is 444. The molecule has 1 fully saturated rings. The number of rotatable bonds is 1. The van der Waals surface area contributed by atoms with Gasteiger partial charge in [-0.15, -0.1) is 0 Å². The van der Waals surface area contributed by atoms with Gasteiger partial charge in [0.2, 0.25) is 0 Å². The first kappa shape index (κ1) is 9.97. The van der Waals surface area contributed by atoms with Crippen molar-refractivity contribution in [1.82, 2.24) is 0 Å². The fourth-order valence-corrected chi connectivity index (χ4v) is 2.15. The molecule has 1 N–H and O–H groups in total. The van der Waals surface area contributed by atoms with E-state index in [1.807, 2.05) is 0 Å². The largest absolute Gasteiger partial charge is 0.505 e. The van der Waals surface area contributed by atoms with Crippen molar-refractivity contribution in [3.05, 3.63) is 29.1 Å². The first-order chi connectivity index (χ1) is 7.09. The van der Waals surface area contributed by atoms with Crippen molar-refractivity contribution in [3.8, 4) is 11.8 Å². The van der Waals surface area contributed by atoms with Crippen LogP contribution in [0.4, 0.5) is 4.39 Å². The Morgan fingerprint density at radius 2 is 2.13 bits per heavy atom. The molecule has 1 aliphatic carbocycles. The molecule has 1 aromatic rings. The number of hydrogen-bond acceptors (Lipinski definition) is 2. The van der Waals surface area contributed by atoms with E-state index in [2.05, 4.69) is 6.07 Å². The zero-order valence-electron chi connectivity index (χ0n) is 8.55. The van der Waals surface area contributed by atoms with Crippen LogP contribution < -0.4 is 0 Å². The van der Waals surface area contributed by atoms with Crippen LogP contribution in [0.1, 0.15) is 30.4 Å². The molecule has 15 heavy (non-hydrogen) atoms. The minimum Gasteiger partial charge on any atom is -0.505 e. The maximum Gasteiger partial charge on any atom is 0.165 e. The normalized spacial score (nSPS) is 17.9. The lowest BCUT2D eigenvalue weighted by Crippen LogP contribution is -2.33. The number of aryl methyl sites for hydroxylation is 1. The van der Waals surface area contributed by atoms with E-state index in [4.69, 9.17) is 5.26 Å². The number of halogens is 1. The molecule has 0 radical (unpaired) electrons. The number of aromatic hydroxyl groups is 1. The van der Waals surface area contributed by atoms with Crippen molar-refractivity contribution in [2.75, 3.05) is 0 Å². The van der Waals surface area contributed by atoms with Crippen LogP contribution in [0.2, 0.25) is 0 Å². The van der Waals surface area contributed by atoms with Crippen molar-refractivity contribution in [1.29, 1.82) is 5.26 Å². The van der Waals surface area contributed by atoms with Crippen LogP contribution in [-0.4, -0.2) is 5.11 Å². The van der Waals surface area contributed by atoms with Gasteiger partial charge in [-0.2, -0.15) is 5.26 Å². The zero-order valence-corrected chi connectivity index (χ0v) is 8.55. The molecule has 2 nitrogen and oxygen atoms in total. The van der Waals surface area contributed by atoms with Gasteiger partial charge in [0, 0.05) is 0 Å². The molecule has 0 saturated heterocycles. The Kier molecular flexibility index (Phi) is 2.15. The monoisotopic (exact) mass is 205 g/mol. The summed E-state index contributed by atoms with van der Waals surface area (Å²) in [6, 6.07) is 4.97. The molecule has 0 atom stereocenters. The van der Waals surface area contributed by atoms with Crippen LogP contribution in [0.25, 0.3) is 0 Å². The molecule has 2 rings (SSSR count). The Hall–Kier alpha value is -1.56. The van der Waals surface area contributed by atoms with Gasteiger partial charge in [0.1, 0.15) is 0 Å². The van der Waals surface area contributed by atoms with Crippen LogP contribution >= 0.6 is 0 Å². The van der Waals surface area contributed by atoms with Crippen LogP contribution in [0, 0.1) is 24.1 Å². The lowest BCUT2D eigenvalue weighted by atomic mass is 9.64. The molecule has 1 aromatic carbocycles. The van der Waals surface area contributed by atoms with Gasteiger partial charge in [-0.25, -0.2) is 4.39 Å². The number of benzene rings is 1. The van der Waals surface area contributed by atoms with Gasteiger partial charge in [-0.1, -0.05) is 0 Å². The second-order valence-electron chi connectivity index (χ2n) is 4.17. The van der Waals surface area contributed by atoms with Crippen LogP contribution in [0.5, 0.6) is 5.75 Å². The Morgan fingerprint density at radius 1 is 1.47 bits per heavy atom. The summed E-state index contributed by atoms with van der Waals surface area (Å²) < 4.78 is 13.0. The minimum atomic E-state index is -0.622. The van der Waals surface area contributed by atoms with Gasteiger partial charge in [0.25, 0.3) is 0 Å². The van der Waals surface area contributed by atoms with E-state index in [9.17, 15) is 9.50 Å². The van der Waals surface area contributed by atoms with Crippen molar-refractivity contribution >= 4 is 0 Å². The summed E-state index contributed by atoms with van der Waals surface area (Å²) in [7, 11) is 0. The minimum absolute atomic E-state index is 0.364. The van der Waals surface area contributed by atoms with Crippen molar-refractivity contribution in [2.24, 2.45) is 0 Å². The van der Waals surface area contributed by atoms with Gasteiger partial charge in [0.15, 0.2) is 11.6 Å². The summed E-state index contributed by atoms with van der Waals surface area (Å²) in [4.78, 5) is 0. The van der Waals surface area contributed by atoms with Crippen LogP contribution in [0.3, 0.4) is 0 Å². The lowest BCUT2D eigenvalue weighted by molar-refractivity contribution is 0.320. The highest BCUT2D eigenvalue weighted by Gasteiger charge is 2.40. The van der Waals surface area contributed by atoms with E-state index in [0.717, 1.165) is 30.4 Å². The SMILES string of the molecule is Cc1cc(F)c(O)cc1C1(C#N)CCC1. The predicted octanol–water partition coefficient (Wildman–Crippen LogP) is 2.79. The van der Waals surface area contributed by atoms with E-state index in [0.29, 0.717) is 0 Å². The van der Waals surface area contributed by atoms with Crippen molar-refractivity contribution in [2.45, 2.75) is 31.6 Å². The highest BCUT2D eigenvalue weighted by Crippen LogP contribution is 2.45. The molecule has 78 valence electrons. The van der Waals surface area contributed by atoms with E-state index >= 15 is 0 Å². The fourth-order valence-electron chi connectivity index (χ4n) is 2.15. The molecular weight excluding hydrogens is 193 g/mol. The maximum atomic E-state index is 13.0. The third-order valence-corrected chi connectivity index (χ3v) is 3.23. The van der Waals surface area contributed by atoms with E-state index in [1.165, 1.54) is 12.1 Å². The maximum absolute atomic E-state index is 13.0. The van der Waals surface area contributed by atoms with Gasteiger partial charge < -0.3 is 5.11 Å². The number of hydrogen-bond donors (Lipinski definition) is 1. The Balaban J connectivity index is 2.54. The molecule has 1 saturated carbocycles. The quantitative estimate of drug-likeness (QED) is 0.766. The number of nitrogens with zero attached hydrogens (tertiary/aromatic N) is 1. The molecular formula is C12H12FNO. The smallest absolute Gasteiger partial charge is 0.165 e. The average Bonchev–Trinajstić information content (AvgIpc) is 2.12. The third-order valence-electron chi connectivity index (χ3n) is 3.23. The molecule has 0 aromatic heterocycles. The summed E-state index contributed by atoms with van der Waals surface area (Å²) in [6.45, 7) is 1.77. The molecule has 0 unspecified atom stereocenters. The first-order valence-electron chi connectivity index (χ1n) is 5.00. The number of phenolic OH excluding ortho intramolecular Hbond substituents is 1. The summed E-state index contributed by atoms with van der Waals surface area (Å²) in [5, 5.41) is 18.5. The number of phenols is 1. The first-order valence-corrected chi connectivity index (χ1v) is 5.00. The summed E-state index contributed by atoms with van der Waals surface area (Å²) in [6.07, 6.45) is 2.62. The van der Waals surface area contributed by atoms with E-state index in [-0.39, 0.29) is 5.75 Å². The second-order valence-corrected chi connectivity index (χ2v) is 4.17. The van der Waals surface area contributed by atoms with Crippen molar-refractivity contribution < 1.29 is 9.50 Å². The van der Waals surface area contributed by atoms with Crippen LogP contribution in [-0.2, 0) is 5.41 Å². The molecule has 0 amide bonds. The standard InChI is InChI=1S/C12H12FNO/c1-8-5-10(13)11(15)6-9(8)12(7-14)3-2-4-12/h5-6,15H,2-4H2,1H3. The Labute approximate surface area is 88.0 Å². The number of nitriles is 1. The highest BCUT2D eigenvalue weighted by atomic mass is 19.1. The molecule has 0 heterocycles. The molecule has 0 spiro atoms. The molecule has 0 aliphatic heterocycles. The summed E-state index contributed by atoms with van der Waals surface area (Å²) in [5.41, 5.74) is 1.02. The fraction of sp³-hybridized carbons (Fsp3) is 0.417. The van der Waals surface area contributed by atoms with E-state index < -0.39 is 11.2 Å². The van der Waals surface area contributed by atoms with Crippen molar-refractivity contribution in [3.63, 3.8) is 0 Å². The van der Waals surface area contributed by atoms with Gasteiger partial charge in [-0.3, -0.25) is 0 Å². The summed E-state index contributed by atoms with van der Waals surface area (Å²) in [5.74, 6) is -0.985. The van der Waals surface area contributed by atoms with Gasteiger partial charge in [0.05, 0.1) is 11.5 Å². The average molecular weight is 205 g/mol. The summed E-state index contributed by atoms with van der Waals surface area (Å²) >= 11 is 0.